The Hall–Kier alpha value is -1.63. The van der Waals surface area contributed by atoms with E-state index in [9.17, 15) is 23.1 Å². The van der Waals surface area contributed by atoms with Crippen LogP contribution in [-0.2, 0) is 4.79 Å². The maximum Gasteiger partial charge on any atom is 0.417 e. The normalized spacial score (nSPS) is 18.7. The number of hydrogen-bond donors (Lipinski definition) is 2. The van der Waals surface area contributed by atoms with Gasteiger partial charge in [-0.25, -0.2) is 0 Å². The average Bonchev–Trinajstić information content (AvgIpc) is 2.87. The van der Waals surface area contributed by atoms with E-state index >= 15 is 0 Å². The van der Waals surface area contributed by atoms with Gasteiger partial charge in [-0.1, -0.05) is 0 Å². The minimum Gasteiger partial charge on any atom is -0.380 e. The van der Waals surface area contributed by atoms with Crippen LogP contribution in [0.15, 0.2) is 11.4 Å². The van der Waals surface area contributed by atoms with E-state index in [1.807, 2.05) is 6.07 Å². The van der Waals surface area contributed by atoms with Crippen molar-refractivity contribution in [3.63, 3.8) is 0 Å². The highest BCUT2D eigenvalue weighted by Gasteiger charge is 2.54. The molecule has 1 aromatic rings. The summed E-state index contributed by atoms with van der Waals surface area (Å²) in [6, 6.07) is 3.51. The van der Waals surface area contributed by atoms with Gasteiger partial charge in [0.1, 0.15) is 11.1 Å². The highest BCUT2D eigenvalue weighted by Crippen LogP contribution is 2.38. The van der Waals surface area contributed by atoms with Crippen LogP contribution >= 0.6 is 11.3 Å². The Kier molecular flexibility index (Phi) is 4.75. The number of alkyl halides is 3. The molecule has 120 valence electrons. The highest BCUT2D eigenvalue weighted by molar-refractivity contribution is 7.14. The van der Waals surface area contributed by atoms with Crippen molar-refractivity contribution in [3.8, 4) is 6.07 Å². The smallest absolute Gasteiger partial charge is 0.380 e. The molecule has 1 aliphatic heterocycles. The number of amides is 1. The van der Waals surface area contributed by atoms with Crippen molar-refractivity contribution in [2.24, 2.45) is 0 Å². The SMILES string of the molecule is N#Cc1ccsc1NC(=O)CN1CCC(O)(C(F)(F)F)CC1. The molecule has 2 rings (SSSR count). The van der Waals surface area contributed by atoms with Crippen LogP contribution in [0.3, 0.4) is 0 Å². The molecule has 2 N–H and O–H groups in total. The van der Waals surface area contributed by atoms with Gasteiger partial charge in [-0.15, -0.1) is 11.3 Å². The van der Waals surface area contributed by atoms with Crippen LogP contribution < -0.4 is 5.32 Å². The van der Waals surface area contributed by atoms with Gasteiger partial charge in [-0.05, 0) is 24.3 Å². The van der Waals surface area contributed by atoms with Crippen molar-refractivity contribution >= 4 is 22.2 Å². The van der Waals surface area contributed by atoms with Crippen molar-refractivity contribution < 1.29 is 23.1 Å². The number of carbonyl (C=O) groups is 1. The van der Waals surface area contributed by atoms with Crippen LogP contribution in [0.5, 0.6) is 0 Å². The molecule has 0 radical (unpaired) electrons. The molecule has 0 atom stereocenters. The van der Waals surface area contributed by atoms with Gasteiger partial charge in [0.05, 0.1) is 12.1 Å². The summed E-state index contributed by atoms with van der Waals surface area (Å²) < 4.78 is 38.0. The molecule has 1 aliphatic rings. The highest BCUT2D eigenvalue weighted by atomic mass is 32.1. The summed E-state index contributed by atoms with van der Waals surface area (Å²) in [7, 11) is 0. The summed E-state index contributed by atoms with van der Waals surface area (Å²) in [6.45, 7) is -0.103. The van der Waals surface area contributed by atoms with Gasteiger partial charge in [0.25, 0.3) is 0 Å². The van der Waals surface area contributed by atoms with Crippen molar-refractivity contribution in [1.82, 2.24) is 4.90 Å². The van der Waals surface area contributed by atoms with E-state index in [-0.39, 0.29) is 19.6 Å². The fraction of sp³-hybridized carbons (Fsp3) is 0.538. The average molecular weight is 333 g/mol. The summed E-state index contributed by atoms with van der Waals surface area (Å²) in [5.74, 6) is -0.392. The van der Waals surface area contributed by atoms with Gasteiger partial charge < -0.3 is 10.4 Å². The van der Waals surface area contributed by atoms with Crippen LogP contribution in [0.2, 0.25) is 0 Å². The first kappa shape index (κ1) is 16.7. The van der Waals surface area contributed by atoms with Gasteiger partial charge in [-0.2, -0.15) is 18.4 Å². The number of thiophene rings is 1. The van der Waals surface area contributed by atoms with E-state index < -0.39 is 30.5 Å². The standard InChI is InChI=1S/C13H14F3N3O2S/c14-13(15,16)12(21)2-4-19(5-3-12)8-10(20)18-11-9(7-17)1-6-22-11/h1,6,21H,2-5,8H2,(H,18,20). The molecule has 0 aliphatic carbocycles. The third-order valence-corrected chi connectivity index (χ3v) is 4.45. The Labute approximate surface area is 129 Å². The molecule has 0 aromatic carbocycles. The largest absolute Gasteiger partial charge is 0.417 e. The first-order valence-electron chi connectivity index (χ1n) is 6.54. The van der Waals surface area contributed by atoms with Crippen molar-refractivity contribution in [2.75, 3.05) is 25.0 Å². The lowest BCUT2D eigenvalue weighted by Gasteiger charge is -2.38. The summed E-state index contributed by atoms with van der Waals surface area (Å²) in [5, 5.41) is 23.0. The maximum absolute atomic E-state index is 12.7. The number of nitriles is 1. The van der Waals surface area contributed by atoms with Gasteiger partial charge in [0.2, 0.25) is 5.91 Å². The number of carbonyl (C=O) groups excluding carboxylic acids is 1. The lowest BCUT2D eigenvalue weighted by Crippen LogP contribution is -2.54. The molecule has 9 heteroatoms. The third-order valence-electron chi connectivity index (χ3n) is 3.62. The fourth-order valence-corrected chi connectivity index (χ4v) is 2.98. The Morgan fingerprint density at radius 3 is 2.68 bits per heavy atom. The van der Waals surface area contributed by atoms with Gasteiger partial charge >= 0.3 is 6.18 Å². The monoisotopic (exact) mass is 333 g/mol. The minimum absolute atomic E-state index is 0.0149. The van der Waals surface area contributed by atoms with Gasteiger partial charge in [-0.3, -0.25) is 9.69 Å². The van der Waals surface area contributed by atoms with E-state index in [1.165, 1.54) is 11.3 Å². The topological polar surface area (TPSA) is 76.4 Å². The van der Waals surface area contributed by atoms with Gasteiger partial charge in [0, 0.05) is 13.1 Å². The molecule has 22 heavy (non-hydrogen) atoms. The number of nitrogens with zero attached hydrogens (tertiary/aromatic N) is 2. The predicted octanol–water partition coefficient (Wildman–Crippen LogP) is 1.95. The molecule has 5 nitrogen and oxygen atoms in total. The molecule has 0 unspecified atom stereocenters. The molecule has 0 saturated carbocycles. The number of likely N-dealkylation sites (tertiary alicyclic amines) is 1. The van der Waals surface area contributed by atoms with Crippen LogP contribution in [0, 0.1) is 11.3 Å². The molecule has 2 heterocycles. The number of nitrogens with one attached hydrogen (secondary N) is 1. The summed E-state index contributed by atoms with van der Waals surface area (Å²) in [5.41, 5.74) is -2.31. The fourth-order valence-electron chi connectivity index (χ4n) is 2.23. The molecule has 0 bridgehead atoms. The van der Waals surface area contributed by atoms with Crippen molar-refractivity contribution in [2.45, 2.75) is 24.6 Å². The summed E-state index contributed by atoms with van der Waals surface area (Å²) >= 11 is 1.21. The molecule has 1 fully saturated rings. The number of piperidine rings is 1. The van der Waals surface area contributed by atoms with E-state index in [1.54, 1.807) is 16.3 Å². The minimum atomic E-state index is -4.65. The first-order valence-corrected chi connectivity index (χ1v) is 7.42. The second kappa shape index (κ2) is 6.24. The van der Waals surface area contributed by atoms with E-state index in [4.69, 9.17) is 5.26 Å². The number of anilines is 1. The molecule has 1 saturated heterocycles. The van der Waals surface area contributed by atoms with Crippen LogP contribution in [0.4, 0.5) is 18.2 Å². The third kappa shape index (κ3) is 3.58. The van der Waals surface area contributed by atoms with Gasteiger partial charge in [0.15, 0.2) is 5.60 Å². The Bertz CT molecular complexity index is 586. The van der Waals surface area contributed by atoms with Crippen LogP contribution in [0.1, 0.15) is 18.4 Å². The molecule has 0 spiro atoms. The Morgan fingerprint density at radius 2 is 2.14 bits per heavy atom. The molecular weight excluding hydrogens is 319 g/mol. The zero-order valence-electron chi connectivity index (χ0n) is 11.5. The van der Waals surface area contributed by atoms with E-state index in [2.05, 4.69) is 5.32 Å². The zero-order chi connectivity index (χ0) is 16.4. The quantitative estimate of drug-likeness (QED) is 0.886. The van der Waals surface area contributed by atoms with Crippen molar-refractivity contribution in [1.29, 1.82) is 5.26 Å². The predicted molar refractivity (Wildman–Crippen MR) is 74.3 cm³/mol. The molecular formula is C13H14F3N3O2S. The van der Waals surface area contributed by atoms with E-state index in [0.29, 0.717) is 10.6 Å². The Morgan fingerprint density at radius 1 is 1.50 bits per heavy atom. The zero-order valence-corrected chi connectivity index (χ0v) is 12.3. The lowest BCUT2D eigenvalue weighted by molar-refractivity contribution is -0.272. The van der Waals surface area contributed by atoms with Crippen molar-refractivity contribution in [3.05, 3.63) is 17.0 Å². The van der Waals surface area contributed by atoms with Crippen LogP contribution in [0.25, 0.3) is 0 Å². The van der Waals surface area contributed by atoms with Crippen LogP contribution in [-0.4, -0.2) is 47.3 Å². The Balaban J connectivity index is 1.86. The second-order valence-corrected chi connectivity index (χ2v) is 6.04. The lowest BCUT2D eigenvalue weighted by atomic mass is 9.91. The maximum atomic E-state index is 12.7. The summed E-state index contributed by atoms with van der Waals surface area (Å²) in [4.78, 5) is 13.4. The number of rotatable bonds is 3. The second-order valence-electron chi connectivity index (χ2n) is 5.13. The summed E-state index contributed by atoms with van der Waals surface area (Å²) in [6.07, 6.45) is -5.56. The number of halogens is 3. The van der Waals surface area contributed by atoms with E-state index in [0.717, 1.165) is 0 Å². The first-order chi connectivity index (χ1) is 10.2. The molecule has 1 aromatic heterocycles. The number of aliphatic hydroxyl groups is 1. The molecule has 1 amide bonds. The number of hydrogen-bond acceptors (Lipinski definition) is 5.